The number of aliphatic hydroxyl groups is 10. The third-order valence-electron chi connectivity index (χ3n) is 7.80. The Kier molecular flexibility index (Phi) is 13.5. The predicted octanol–water partition coefficient (Wildman–Crippen LogP) is -7.54. The lowest BCUT2D eigenvalue weighted by molar-refractivity contribution is -0.381. The maximum atomic E-state index is 12.6. The van der Waals surface area contributed by atoms with Gasteiger partial charge in [0.2, 0.25) is 5.91 Å². The normalized spacial score (nSPS) is 43.2. The van der Waals surface area contributed by atoms with Crippen LogP contribution < -0.4 is 5.32 Å². The number of aliphatic hydroxyl groups excluding tert-OH is 10. The average molecular weight is 675 g/mol. The molecule has 0 radical (unpaired) electrons. The van der Waals surface area contributed by atoms with Crippen LogP contribution in [-0.4, -0.2) is 199 Å². The van der Waals surface area contributed by atoms with Crippen LogP contribution in [0.4, 0.5) is 0 Å². The second kappa shape index (κ2) is 16.3. The molecule has 16 atom stereocenters. The van der Waals surface area contributed by atoms with Crippen LogP contribution in [0.3, 0.4) is 0 Å². The number of nitrogens with zero attached hydrogens (tertiary/aromatic N) is 1. The van der Waals surface area contributed by atoms with Gasteiger partial charge in [0, 0.05) is 13.3 Å². The molecule has 3 aliphatic rings. The molecule has 46 heavy (non-hydrogen) atoms. The van der Waals surface area contributed by atoms with Crippen LogP contribution in [0.2, 0.25) is 0 Å². The minimum atomic E-state index is -2.99. The topological polar surface area (TPSA) is 336 Å². The number of carboxylic acid groups (broad SMARTS) is 1. The number of nitrogens with one attached hydrogen (secondary N) is 1. The van der Waals surface area contributed by atoms with Gasteiger partial charge >= 0.3 is 5.97 Å². The summed E-state index contributed by atoms with van der Waals surface area (Å²) < 4.78 is 32.2. The molecular weight excluding hydrogens is 632 g/mol. The van der Waals surface area contributed by atoms with Crippen LogP contribution in [-0.2, 0) is 38.0 Å². The van der Waals surface area contributed by atoms with Crippen LogP contribution in [0.1, 0.15) is 13.3 Å². The maximum absolute atomic E-state index is 12.6. The second-order valence-corrected chi connectivity index (χ2v) is 11.0. The second-order valence-electron chi connectivity index (χ2n) is 11.0. The van der Waals surface area contributed by atoms with Crippen molar-refractivity contribution in [1.82, 2.24) is 5.32 Å². The minimum absolute atomic E-state index is 0.683. The summed E-state index contributed by atoms with van der Waals surface area (Å²) in [4.78, 5) is 28.1. The first-order valence-electron chi connectivity index (χ1n) is 14.1. The minimum Gasteiger partial charge on any atom is -0.487 e. The maximum Gasteiger partial charge on any atom is 0.364 e. The summed E-state index contributed by atoms with van der Waals surface area (Å²) in [6.45, 7) is -1.75. The summed E-state index contributed by atoms with van der Waals surface area (Å²) in [5, 5.41) is 116. The fourth-order valence-corrected chi connectivity index (χ4v) is 5.45. The number of carbonyl (C=O) groups is 2. The first-order valence-corrected chi connectivity index (χ1v) is 14.1. The van der Waals surface area contributed by atoms with Gasteiger partial charge in [-0.2, -0.15) is 0 Å². The number of carbonyl (C=O) groups excluding carboxylic acids is 1. The van der Waals surface area contributed by atoms with Gasteiger partial charge in [-0.1, -0.05) is 0 Å². The molecule has 16 unspecified atom stereocenters. The zero-order valence-electron chi connectivity index (χ0n) is 24.7. The van der Waals surface area contributed by atoms with E-state index in [9.17, 15) is 65.8 Å². The molecule has 0 aromatic heterocycles. The molecular formula is C25H42N2O19. The Labute approximate surface area is 261 Å². The first kappa shape index (κ1) is 38.3. The Hall–Kier alpha value is -2.19. The van der Waals surface area contributed by atoms with E-state index in [0.717, 1.165) is 13.3 Å². The highest BCUT2D eigenvalue weighted by Gasteiger charge is 2.60. The van der Waals surface area contributed by atoms with Gasteiger partial charge in [-0.25, -0.2) is 9.79 Å². The monoisotopic (exact) mass is 674 g/mol. The molecule has 0 spiro atoms. The number of hydrogen-bond acceptors (Lipinski definition) is 19. The number of methoxy groups -OCH3 is 1. The quantitative estimate of drug-likeness (QED) is 0.0637. The molecule has 0 aromatic carbocycles. The van der Waals surface area contributed by atoms with Gasteiger partial charge in [-0.3, -0.25) is 4.79 Å². The number of carboxylic acids is 1. The number of aliphatic carboxylic acids is 1. The summed E-state index contributed by atoms with van der Waals surface area (Å²) in [6.07, 6.45) is -24.4. The molecule has 3 rings (SSSR count). The van der Waals surface area contributed by atoms with Crippen molar-refractivity contribution in [3.8, 4) is 0 Å². The third kappa shape index (κ3) is 8.08. The number of hydrogen-bond donors (Lipinski definition) is 12. The third-order valence-corrected chi connectivity index (χ3v) is 7.80. The Morgan fingerprint density at radius 1 is 1.00 bits per heavy atom. The Morgan fingerprint density at radius 2 is 1.65 bits per heavy atom. The molecule has 3 heterocycles. The highest BCUT2D eigenvalue weighted by atomic mass is 16.8. The van der Waals surface area contributed by atoms with Crippen molar-refractivity contribution in [3.63, 3.8) is 0 Å². The van der Waals surface area contributed by atoms with Gasteiger partial charge in [-0.05, 0) is 0 Å². The molecule has 3 aliphatic heterocycles. The number of ether oxygens (including phenoxy) is 6. The lowest BCUT2D eigenvalue weighted by Crippen LogP contribution is -2.69. The standard InChI is InChI=1S/C25H42N2O19/c1-8(31)27-14-17(36)19(12(6-30)42-22(14)38)44-23-18(37)21(16(35)11(5-29)43-23)46-25(24(39)40)3-9(32)13(26-7-41-2)20(45-25)15(34)10(33)4-28/h7,9-23,28-30,32-38H,3-6H2,1-2H3,(H,27,31)(H,39,40). The van der Waals surface area contributed by atoms with E-state index < -0.39 is 136 Å². The van der Waals surface area contributed by atoms with E-state index in [2.05, 4.69) is 10.3 Å². The molecule has 21 nitrogen and oxygen atoms in total. The van der Waals surface area contributed by atoms with Gasteiger partial charge in [-0.15, -0.1) is 0 Å². The molecule has 21 heteroatoms. The number of aliphatic imine (C=N–C) groups is 1. The van der Waals surface area contributed by atoms with Crippen LogP contribution in [0.25, 0.3) is 0 Å². The van der Waals surface area contributed by atoms with Crippen LogP contribution >= 0.6 is 0 Å². The lowest BCUT2D eigenvalue weighted by atomic mass is 9.88. The van der Waals surface area contributed by atoms with E-state index in [-0.39, 0.29) is 0 Å². The van der Waals surface area contributed by atoms with Gasteiger partial charge in [0.1, 0.15) is 73.1 Å². The SMILES string of the molecule is COC=NC1C(O)CC(OC2C(O)C(CO)OC(OC3C(CO)OC(O)C(NC(C)=O)C3O)C2O)(C(=O)O)OC1C(O)C(O)CO. The summed E-state index contributed by atoms with van der Waals surface area (Å²) >= 11 is 0. The average Bonchev–Trinajstić information content (AvgIpc) is 3.01. The van der Waals surface area contributed by atoms with Crippen molar-refractivity contribution in [2.75, 3.05) is 26.9 Å². The van der Waals surface area contributed by atoms with Gasteiger partial charge < -0.3 is 89.9 Å². The van der Waals surface area contributed by atoms with Crippen molar-refractivity contribution in [2.24, 2.45) is 4.99 Å². The largest absolute Gasteiger partial charge is 0.487 e. The molecule has 3 saturated heterocycles. The van der Waals surface area contributed by atoms with E-state index in [0.29, 0.717) is 0 Å². The van der Waals surface area contributed by atoms with Crippen LogP contribution in [0.15, 0.2) is 4.99 Å². The van der Waals surface area contributed by atoms with Crippen LogP contribution in [0.5, 0.6) is 0 Å². The summed E-state index contributed by atoms with van der Waals surface area (Å²) in [5.74, 6) is -5.61. The Balaban J connectivity index is 1.95. The zero-order chi connectivity index (χ0) is 34.5. The predicted molar refractivity (Wildman–Crippen MR) is 143 cm³/mol. The highest BCUT2D eigenvalue weighted by Crippen LogP contribution is 2.39. The fraction of sp³-hybridized carbons (Fsp3) is 0.880. The smallest absolute Gasteiger partial charge is 0.364 e. The molecule has 0 saturated carbocycles. The highest BCUT2D eigenvalue weighted by molar-refractivity contribution is 5.76. The van der Waals surface area contributed by atoms with Crippen LogP contribution in [0, 0.1) is 0 Å². The van der Waals surface area contributed by atoms with Crippen molar-refractivity contribution in [2.45, 2.75) is 111 Å². The van der Waals surface area contributed by atoms with E-state index >= 15 is 0 Å². The summed E-state index contributed by atoms with van der Waals surface area (Å²) in [7, 11) is 1.20. The molecule has 12 N–H and O–H groups in total. The van der Waals surface area contributed by atoms with E-state index in [1.807, 2.05) is 0 Å². The van der Waals surface area contributed by atoms with Crippen molar-refractivity contribution in [1.29, 1.82) is 0 Å². The molecule has 3 fully saturated rings. The van der Waals surface area contributed by atoms with Gasteiger partial charge in [0.25, 0.3) is 5.79 Å². The van der Waals surface area contributed by atoms with E-state index in [4.69, 9.17) is 28.4 Å². The van der Waals surface area contributed by atoms with Crippen molar-refractivity contribution in [3.05, 3.63) is 0 Å². The molecule has 1 amide bonds. The molecule has 266 valence electrons. The van der Waals surface area contributed by atoms with Crippen molar-refractivity contribution < 1.29 is 94.2 Å². The molecule has 0 aromatic rings. The summed E-state index contributed by atoms with van der Waals surface area (Å²) in [6, 6.07) is -2.97. The van der Waals surface area contributed by atoms with E-state index in [1.165, 1.54) is 7.11 Å². The Morgan fingerprint density at radius 3 is 2.20 bits per heavy atom. The van der Waals surface area contributed by atoms with Crippen molar-refractivity contribution >= 4 is 18.3 Å². The molecule has 0 bridgehead atoms. The zero-order valence-corrected chi connectivity index (χ0v) is 24.7. The summed E-state index contributed by atoms with van der Waals surface area (Å²) in [5.41, 5.74) is 0. The number of rotatable bonds is 13. The Bertz CT molecular complexity index is 1040. The fourth-order valence-electron chi connectivity index (χ4n) is 5.45. The van der Waals surface area contributed by atoms with Gasteiger partial charge in [0.05, 0.1) is 33.0 Å². The first-order chi connectivity index (χ1) is 21.7. The number of amides is 1. The van der Waals surface area contributed by atoms with Gasteiger partial charge in [0.15, 0.2) is 19.0 Å². The molecule has 0 aliphatic carbocycles. The lowest BCUT2D eigenvalue weighted by Gasteiger charge is -2.50. The van der Waals surface area contributed by atoms with E-state index in [1.54, 1.807) is 0 Å².